The van der Waals surface area contributed by atoms with Crippen LogP contribution in [-0.4, -0.2) is 35.9 Å². The lowest BCUT2D eigenvalue weighted by Gasteiger charge is -2.15. The molecule has 1 aromatic heterocycles. The summed E-state index contributed by atoms with van der Waals surface area (Å²) in [5, 5.41) is 0. The number of likely N-dealkylation sites (N-methyl/N-ethyl adjacent to an activating group) is 1. The number of nitrogens with zero attached hydrogens (tertiary/aromatic N) is 2. The van der Waals surface area contributed by atoms with Crippen molar-refractivity contribution >= 4 is 5.91 Å². The predicted molar refractivity (Wildman–Crippen MR) is 76.2 cm³/mol. The van der Waals surface area contributed by atoms with Gasteiger partial charge in [-0.25, -0.2) is 5.84 Å². The van der Waals surface area contributed by atoms with Gasteiger partial charge in [0.2, 0.25) is 5.91 Å². The minimum atomic E-state index is -0.0801. The summed E-state index contributed by atoms with van der Waals surface area (Å²) in [4.78, 5) is 17.5. The molecule has 1 heterocycles. The molecule has 1 aromatic rings. The lowest BCUT2D eigenvalue weighted by molar-refractivity contribution is -0.121. The van der Waals surface area contributed by atoms with Crippen LogP contribution in [0.5, 0.6) is 0 Å². The van der Waals surface area contributed by atoms with Crippen LogP contribution in [0.1, 0.15) is 31.4 Å². The number of amides is 1. The molecule has 0 spiro atoms. The van der Waals surface area contributed by atoms with Gasteiger partial charge in [-0.1, -0.05) is 12.5 Å². The molecule has 0 aromatic carbocycles. The Morgan fingerprint density at radius 2 is 2.16 bits per heavy atom. The Bertz CT molecular complexity index is 356. The van der Waals surface area contributed by atoms with Crippen molar-refractivity contribution in [3.8, 4) is 0 Å². The van der Waals surface area contributed by atoms with Crippen LogP contribution < -0.4 is 11.3 Å². The van der Waals surface area contributed by atoms with Crippen molar-refractivity contribution < 1.29 is 4.79 Å². The van der Waals surface area contributed by atoms with Gasteiger partial charge in [0, 0.05) is 31.3 Å². The van der Waals surface area contributed by atoms with Gasteiger partial charge in [-0.15, -0.1) is 0 Å². The average Bonchev–Trinajstić information content (AvgIpc) is 2.45. The van der Waals surface area contributed by atoms with Crippen LogP contribution in [0.4, 0.5) is 0 Å². The van der Waals surface area contributed by atoms with E-state index in [1.807, 2.05) is 18.3 Å². The number of hydrogen-bond acceptors (Lipinski definition) is 4. The molecule has 106 valence electrons. The van der Waals surface area contributed by atoms with E-state index in [0.29, 0.717) is 6.42 Å². The molecule has 0 aliphatic carbocycles. The second-order valence-electron chi connectivity index (χ2n) is 4.75. The van der Waals surface area contributed by atoms with E-state index in [-0.39, 0.29) is 5.91 Å². The van der Waals surface area contributed by atoms with Gasteiger partial charge in [0.15, 0.2) is 0 Å². The van der Waals surface area contributed by atoms with Crippen LogP contribution in [0.25, 0.3) is 0 Å². The largest absolute Gasteiger partial charge is 0.306 e. The first kappa shape index (κ1) is 15.6. The van der Waals surface area contributed by atoms with E-state index in [4.69, 9.17) is 5.84 Å². The third-order valence-electron chi connectivity index (χ3n) is 3.08. The first-order valence-electron chi connectivity index (χ1n) is 6.80. The summed E-state index contributed by atoms with van der Waals surface area (Å²) < 4.78 is 0. The third-order valence-corrected chi connectivity index (χ3v) is 3.08. The summed E-state index contributed by atoms with van der Waals surface area (Å²) in [5.41, 5.74) is 3.28. The molecule has 0 atom stereocenters. The minimum Gasteiger partial charge on any atom is -0.306 e. The van der Waals surface area contributed by atoms with E-state index >= 15 is 0 Å². The van der Waals surface area contributed by atoms with Gasteiger partial charge in [0.1, 0.15) is 0 Å². The fourth-order valence-corrected chi connectivity index (χ4v) is 1.88. The number of nitrogens with two attached hydrogens (primary N) is 1. The molecule has 0 unspecified atom stereocenters. The molecule has 1 amide bonds. The number of unbranched alkanes of at least 4 members (excludes halogenated alkanes) is 2. The molecule has 0 saturated carbocycles. The Kier molecular flexibility index (Phi) is 7.77. The highest BCUT2D eigenvalue weighted by molar-refractivity contribution is 5.74. The number of carbonyl (C=O) groups excluding carboxylic acids is 1. The molecule has 0 fully saturated rings. The molecule has 19 heavy (non-hydrogen) atoms. The van der Waals surface area contributed by atoms with Crippen molar-refractivity contribution in [3.05, 3.63) is 30.1 Å². The maximum Gasteiger partial charge on any atom is 0.233 e. The molecule has 1 rings (SSSR count). The maximum atomic E-state index is 10.9. The molecule has 3 N–H and O–H groups in total. The number of hydrogen-bond donors (Lipinski definition) is 2. The summed E-state index contributed by atoms with van der Waals surface area (Å²) in [6.07, 6.45) is 6.40. The van der Waals surface area contributed by atoms with Gasteiger partial charge in [-0.05, 0) is 38.6 Å². The molecule has 0 aliphatic heterocycles. The Hall–Kier alpha value is -1.46. The Balaban J connectivity index is 2.02. The van der Waals surface area contributed by atoms with Crippen LogP contribution in [0.3, 0.4) is 0 Å². The summed E-state index contributed by atoms with van der Waals surface area (Å²) in [5.74, 6) is 4.94. The van der Waals surface area contributed by atoms with Crippen LogP contribution in [0.2, 0.25) is 0 Å². The Morgan fingerprint density at radius 1 is 1.32 bits per heavy atom. The Morgan fingerprint density at radius 3 is 2.84 bits per heavy atom. The lowest BCUT2D eigenvalue weighted by Crippen LogP contribution is -2.29. The van der Waals surface area contributed by atoms with E-state index in [2.05, 4.69) is 28.4 Å². The zero-order valence-electron chi connectivity index (χ0n) is 11.6. The highest BCUT2D eigenvalue weighted by Crippen LogP contribution is 2.02. The molecular formula is C14H24N4O. The number of rotatable bonds is 9. The lowest BCUT2D eigenvalue weighted by atomic mass is 10.2. The second kappa shape index (κ2) is 9.47. The molecule has 0 bridgehead atoms. The molecule has 0 aliphatic rings. The monoisotopic (exact) mass is 264 g/mol. The van der Waals surface area contributed by atoms with E-state index in [1.54, 1.807) is 0 Å². The smallest absolute Gasteiger partial charge is 0.233 e. The van der Waals surface area contributed by atoms with Gasteiger partial charge >= 0.3 is 0 Å². The van der Waals surface area contributed by atoms with Crippen molar-refractivity contribution in [2.24, 2.45) is 5.84 Å². The van der Waals surface area contributed by atoms with Gasteiger partial charge in [-0.2, -0.15) is 0 Å². The predicted octanol–water partition coefficient (Wildman–Crippen LogP) is 1.11. The van der Waals surface area contributed by atoms with E-state index in [1.165, 1.54) is 0 Å². The average molecular weight is 264 g/mol. The van der Waals surface area contributed by atoms with Crippen LogP contribution >= 0.6 is 0 Å². The SMILES string of the molecule is CN(CCCCCC(=O)NN)CCc1ccccn1. The molecular weight excluding hydrogens is 240 g/mol. The molecule has 0 saturated heterocycles. The molecule has 5 heteroatoms. The van der Waals surface area contributed by atoms with Gasteiger partial charge in [0.05, 0.1) is 0 Å². The van der Waals surface area contributed by atoms with E-state index in [0.717, 1.165) is 44.5 Å². The van der Waals surface area contributed by atoms with Crippen LogP contribution in [0, 0.1) is 0 Å². The number of carbonyl (C=O) groups is 1. The van der Waals surface area contributed by atoms with Gasteiger partial charge < -0.3 is 4.90 Å². The highest BCUT2D eigenvalue weighted by atomic mass is 16.2. The zero-order valence-corrected chi connectivity index (χ0v) is 11.6. The molecule has 5 nitrogen and oxygen atoms in total. The standard InChI is InChI=1S/C14H24N4O/c1-18(11-6-2-3-8-14(19)17-15)12-9-13-7-4-5-10-16-13/h4-5,7,10H,2-3,6,8-9,11-12,15H2,1H3,(H,17,19). The van der Waals surface area contributed by atoms with Crippen molar-refractivity contribution in [1.82, 2.24) is 15.3 Å². The second-order valence-corrected chi connectivity index (χ2v) is 4.75. The maximum absolute atomic E-state index is 10.9. The first-order chi connectivity index (χ1) is 9.22. The fraction of sp³-hybridized carbons (Fsp3) is 0.571. The summed E-state index contributed by atoms with van der Waals surface area (Å²) in [6, 6.07) is 6.01. The highest BCUT2D eigenvalue weighted by Gasteiger charge is 2.01. The van der Waals surface area contributed by atoms with E-state index < -0.39 is 0 Å². The van der Waals surface area contributed by atoms with Crippen LogP contribution in [-0.2, 0) is 11.2 Å². The number of hydrazine groups is 1. The normalized spacial score (nSPS) is 10.7. The summed E-state index contributed by atoms with van der Waals surface area (Å²) in [7, 11) is 2.12. The van der Waals surface area contributed by atoms with Crippen molar-refractivity contribution in [1.29, 1.82) is 0 Å². The number of nitrogens with one attached hydrogen (secondary N) is 1. The Labute approximate surface area is 115 Å². The fourth-order valence-electron chi connectivity index (χ4n) is 1.88. The quantitative estimate of drug-likeness (QED) is 0.303. The number of pyridine rings is 1. The van der Waals surface area contributed by atoms with E-state index in [9.17, 15) is 4.79 Å². The minimum absolute atomic E-state index is 0.0801. The third kappa shape index (κ3) is 7.54. The first-order valence-corrected chi connectivity index (χ1v) is 6.80. The topological polar surface area (TPSA) is 71.2 Å². The van der Waals surface area contributed by atoms with Gasteiger partial charge in [0.25, 0.3) is 0 Å². The van der Waals surface area contributed by atoms with Gasteiger partial charge in [-0.3, -0.25) is 15.2 Å². The number of aromatic nitrogens is 1. The molecule has 0 radical (unpaired) electrons. The van der Waals surface area contributed by atoms with Crippen molar-refractivity contribution in [3.63, 3.8) is 0 Å². The van der Waals surface area contributed by atoms with Crippen LogP contribution in [0.15, 0.2) is 24.4 Å². The van der Waals surface area contributed by atoms with Crippen molar-refractivity contribution in [2.75, 3.05) is 20.1 Å². The van der Waals surface area contributed by atoms with Crippen molar-refractivity contribution in [2.45, 2.75) is 32.1 Å². The zero-order chi connectivity index (χ0) is 13.9. The summed E-state index contributed by atoms with van der Waals surface area (Å²) in [6.45, 7) is 2.07. The summed E-state index contributed by atoms with van der Waals surface area (Å²) >= 11 is 0.